The highest BCUT2D eigenvalue weighted by Crippen LogP contribution is 2.30. The van der Waals surface area contributed by atoms with Gasteiger partial charge >= 0.3 is 5.97 Å². The molecule has 0 bridgehead atoms. The van der Waals surface area contributed by atoms with Gasteiger partial charge in [-0.3, -0.25) is 4.79 Å². The topological polar surface area (TPSA) is 49.3 Å². The molecule has 11 heavy (non-hydrogen) atoms. The van der Waals surface area contributed by atoms with Crippen LogP contribution in [0.25, 0.3) is 0 Å². The monoisotopic (exact) mass is 157 g/mol. The van der Waals surface area contributed by atoms with Crippen molar-refractivity contribution < 1.29 is 9.90 Å². The fraction of sp³-hybridized carbons (Fsp3) is 0.875. The Bertz CT molecular complexity index is 163. The van der Waals surface area contributed by atoms with Crippen molar-refractivity contribution in [3.63, 3.8) is 0 Å². The van der Waals surface area contributed by atoms with E-state index >= 15 is 0 Å². The highest BCUT2D eigenvalue weighted by molar-refractivity contribution is 5.80. The van der Waals surface area contributed by atoms with E-state index in [2.05, 4.69) is 5.32 Å². The Morgan fingerprint density at radius 2 is 2.36 bits per heavy atom. The third kappa shape index (κ3) is 1.13. The van der Waals surface area contributed by atoms with E-state index in [0.717, 1.165) is 19.4 Å². The van der Waals surface area contributed by atoms with Crippen LogP contribution in [0.5, 0.6) is 0 Å². The van der Waals surface area contributed by atoms with Crippen molar-refractivity contribution in [3.8, 4) is 0 Å². The molecule has 2 N–H and O–H groups in total. The Morgan fingerprint density at radius 1 is 1.82 bits per heavy atom. The summed E-state index contributed by atoms with van der Waals surface area (Å²) in [6.07, 6.45) is 1.69. The zero-order valence-corrected chi connectivity index (χ0v) is 7.05. The smallest absolute Gasteiger partial charge is 0.324 e. The highest BCUT2D eigenvalue weighted by Gasteiger charge is 2.47. The van der Waals surface area contributed by atoms with Crippen LogP contribution < -0.4 is 5.32 Å². The lowest BCUT2D eigenvalue weighted by Crippen LogP contribution is -2.65. The molecule has 3 heteroatoms. The van der Waals surface area contributed by atoms with Gasteiger partial charge in [0.2, 0.25) is 0 Å². The normalized spacial score (nSPS) is 32.5. The Kier molecular flexibility index (Phi) is 2.18. The summed E-state index contributed by atoms with van der Waals surface area (Å²) in [6, 6.07) is 0. The van der Waals surface area contributed by atoms with Crippen LogP contribution >= 0.6 is 0 Å². The fourth-order valence-corrected chi connectivity index (χ4v) is 1.56. The standard InChI is InChI=1S/C8H15NO2/c1-3-6(2)8(7(10)11)4-5-9-8/h6,9H,3-5H2,1-2H3,(H,10,11)/t6?,8-/m0/s1. The van der Waals surface area contributed by atoms with E-state index in [1.54, 1.807) is 0 Å². The average molecular weight is 157 g/mol. The van der Waals surface area contributed by atoms with E-state index < -0.39 is 11.5 Å². The predicted molar refractivity (Wildman–Crippen MR) is 42.4 cm³/mol. The van der Waals surface area contributed by atoms with E-state index in [9.17, 15) is 4.79 Å². The van der Waals surface area contributed by atoms with Crippen molar-refractivity contribution in [1.29, 1.82) is 0 Å². The van der Waals surface area contributed by atoms with Crippen molar-refractivity contribution in [2.45, 2.75) is 32.2 Å². The maximum absolute atomic E-state index is 10.8. The molecule has 1 saturated heterocycles. The number of hydrogen-bond donors (Lipinski definition) is 2. The summed E-state index contributed by atoms with van der Waals surface area (Å²) in [5, 5.41) is 11.9. The van der Waals surface area contributed by atoms with Gasteiger partial charge in [-0.15, -0.1) is 0 Å². The van der Waals surface area contributed by atoms with Crippen LogP contribution in [0.3, 0.4) is 0 Å². The molecule has 64 valence electrons. The summed E-state index contributed by atoms with van der Waals surface area (Å²) >= 11 is 0. The number of carboxylic acids is 1. The summed E-state index contributed by atoms with van der Waals surface area (Å²) in [6.45, 7) is 4.85. The lowest BCUT2D eigenvalue weighted by atomic mass is 9.76. The lowest BCUT2D eigenvalue weighted by Gasteiger charge is -2.43. The molecule has 3 nitrogen and oxygen atoms in total. The molecule has 0 radical (unpaired) electrons. The molecule has 1 heterocycles. The van der Waals surface area contributed by atoms with Gasteiger partial charge in [-0.25, -0.2) is 0 Å². The number of carbonyl (C=O) groups is 1. The summed E-state index contributed by atoms with van der Waals surface area (Å²) in [4.78, 5) is 10.8. The summed E-state index contributed by atoms with van der Waals surface area (Å²) in [5.41, 5.74) is -0.602. The average Bonchev–Trinajstić information content (AvgIpc) is 1.84. The molecular weight excluding hydrogens is 142 g/mol. The van der Waals surface area contributed by atoms with Gasteiger partial charge in [-0.05, 0) is 18.9 Å². The molecule has 0 aromatic rings. The van der Waals surface area contributed by atoms with Gasteiger partial charge in [-0.2, -0.15) is 0 Å². The molecular formula is C8H15NO2. The molecule has 0 saturated carbocycles. The number of rotatable bonds is 3. The highest BCUT2D eigenvalue weighted by atomic mass is 16.4. The van der Waals surface area contributed by atoms with Crippen molar-refractivity contribution in [1.82, 2.24) is 5.32 Å². The van der Waals surface area contributed by atoms with Crippen LogP contribution in [0.15, 0.2) is 0 Å². The van der Waals surface area contributed by atoms with Crippen LogP contribution in [0.1, 0.15) is 26.7 Å². The summed E-state index contributed by atoms with van der Waals surface area (Å²) in [5.74, 6) is -0.466. The SMILES string of the molecule is CCC(C)[C@]1(C(=O)O)CCN1. The first-order chi connectivity index (χ1) is 5.13. The van der Waals surface area contributed by atoms with E-state index in [1.807, 2.05) is 13.8 Å². The molecule has 0 amide bonds. The van der Waals surface area contributed by atoms with E-state index in [-0.39, 0.29) is 5.92 Å². The Hall–Kier alpha value is -0.570. The molecule has 0 aromatic heterocycles. The molecule has 2 atom stereocenters. The second kappa shape index (κ2) is 2.81. The van der Waals surface area contributed by atoms with Crippen LogP contribution in [0, 0.1) is 5.92 Å². The number of carboxylic acid groups (broad SMARTS) is 1. The summed E-state index contributed by atoms with van der Waals surface area (Å²) in [7, 11) is 0. The van der Waals surface area contributed by atoms with E-state index in [4.69, 9.17) is 5.11 Å². The zero-order valence-electron chi connectivity index (χ0n) is 7.05. The second-order valence-corrected chi connectivity index (χ2v) is 3.26. The fourth-order valence-electron chi connectivity index (χ4n) is 1.56. The number of nitrogens with one attached hydrogen (secondary N) is 1. The van der Waals surface area contributed by atoms with Crippen LogP contribution in [0.2, 0.25) is 0 Å². The van der Waals surface area contributed by atoms with Gasteiger partial charge in [0.1, 0.15) is 5.54 Å². The maximum atomic E-state index is 10.8. The van der Waals surface area contributed by atoms with Crippen LogP contribution in [-0.4, -0.2) is 23.2 Å². The van der Waals surface area contributed by atoms with Gasteiger partial charge in [0.15, 0.2) is 0 Å². The molecule has 0 spiro atoms. The third-order valence-electron chi connectivity index (χ3n) is 2.80. The first-order valence-corrected chi connectivity index (χ1v) is 4.12. The first-order valence-electron chi connectivity index (χ1n) is 4.12. The Morgan fingerprint density at radius 3 is 2.45 bits per heavy atom. The maximum Gasteiger partial charge on any atom is 0.324 e. The van der Waals surface area contributed by atoms with Crippen LogP contribution in [0.4, 0.5) is 0 Å². The molecule has 1 unspecified atom stereocenters. The number of aliphatic carboxylic acids is 1. The van der Waals surface area contributed by atoms with E-state index in [1.165, 1.54) is 0 Å². The molecule has 1 fully saturated rings. The minimum Gasteiger partial charge on any atom is -0.480 e. The first kappa shape index (κ1) is 8.53. The minimum atomic E-state index is -0.696. The summed E-state index contributed by atoms with van der Waals surface area (Å²) < 4.78 is 0. The van der Waals surface area contributed by atoms with Crippen molar-refractivity contribution in [3.05, 3.63) is 0 Å². The Balaban J connectivity index is 2.67. The zero-order chi connectivity index (χ0) is 8.48. The predicted octanol–water partition coefficient (Wildman–Crippen LogP) is 0.849. The van der Waals surface area contributed by atoms with Gasteiger partial charge in [0.25, 0.3) is 0 Å². The molecule has 0 aromatic carbocycles. The number of hydrogen-bond acceptors (Lipinski definition) is 2. The quantitative estimate of drug-likeness (QED) is 0.638. The molecule has 0 aliphatic carbocycles. The van der Waals surface area contributed by atoms with E-state index in [0.29, 0.717) is 0 Å². The van der Waals surface area contributed by atoms with Crippen molar-refractivity contribution in [2.24, 2.45) is 5.92 Å². The molecule has 1 aliphatic rings. The van der Waals surface area contributed by atoms with Crippen LogP contribution in [-0.2, 0) is 4.79 Å². The second-order valence-electron chi connectivity index (χ2n) is 3.26. The largest absolute Gasteiger partial charge is 0.480 e. The molecule has 1 aliphatic heterocycles. The van der Waals surface area contributed by atoms with Crippen molar-refractivity contribution in [2.75, 3.05) is 6.54 Å². The van der Waals surface area contributed by atoms with Gasteiger partial charge in [0.05, 0.1) is 0 Å². The lowest BCUT2D eigenvalue weighted by molar-refractivity contribution is -0.151. The van der Waals surface area contributed by atoms with Crippen molar-refractivity contribution >= 4 is 5.97 Å². The third-order valence-corrected chi connectivity index (χ3v) is 2.80. The van der Waals surface area contributed by atoms with Gasteiger partial charge in [0, 0.05) is 0 Å². The Labute approximate surface area is 66.8 Å². The molecule has 1 rings (SSSR count). The van der Waals surface area contributed by atoms with Gasteiger partial charge < -0.3 is 10.4 Å². The minimum absolute atomic E-state index is 0.230. The van der Waals surface area contributed by atoms with Gasteiger partial charge in [-0.1, -0.05) is 20.3 Å².